The van der Waals surface area contributed by atoms with Gasteiger partial charge in [-0.15, -0.1) is 0 Å². The van der Waals surface area contributed by atoms with E-state index in [1.807, 2.05) is 17.8 Å². The standard InChI is InChI=1S/C13H12S/c1-2-5-9-12(8-4-1)14-13-10-6-3-7-11-13/h1-4,6-11H,5H2. The summed E-state index contributed by atoms with van der Waals surface area (Å²) in [6.45, 7) is 0. The molecule has 70 valence electrons. The predicted octanol–water partition coefficient (Wildman–Crippen LogP) is 4.18. The van der Waals surface area contributed by atoms with Gasteiger partial charge in [0, 0.05) is 9.80 Å². The Kier molecular flexibility index (Phi) is 3.25. The molecule has 1 aliphatic rings. The summed E-state index contributed by atoms with van der Waals surface area (Å²) >= 11 is 1.81. The van der Waals surface area contributed by atoms with E-state index in [9.17, 15) is 0 Å². The molecule has 0 fully saturated rings. The molecule has 0 nitrogen and oxygen atoms in total. The highest BCUT2D eigenvalue weighted by molar-refractivity contribution is 8.03. The fourth-order valence-corrected chi connectivity index (χ4v) is 2.15. The average molecular weight is 200 g/mol. The summed E-state index contributed by atoms with van der Waals surface area (Å²) in [5, 5.41) is 0. The van der Waals surface area contributed by atoms with Gasteiger partial charge in [-0.25, -0.2) is 0 Å². The zero-order chi connectivity index (χ0) is 9.64. The summed E-state index contributed by atoms with van der Waals surface area (Å²) in [4.78, 5) is 2.62. The SMILES string of the molecule is C1=CCC=C(Sc2ccccc2)C=C1. The number of hydrogen-bond acceptors (Lipinski definition) is 1. The topological polar surface area (TPSA) is 0 Å². The van der Waals surface area contributed by atoms with Crippen LogP contribution in [0.5, 0.6) is 0 Å². The van der Waals surface area contributed by atoms with Gasteiger partial charge in [-0.05, 0) is 24.6 Å². The van der Waals surface area contributed by atoms with Crippen molar-refractivity contribution >= 4 is 11.8 Å². The molecule has 0 unspecified atom stereocenters. The molecule has 1 aliphatic carbocycles. The van der Waals surface area contributed by atoms with Crippen molar-refractivity contribution in [3.05, 3.63) is 65.6 Å². The number of benzene rings is 1. The summed E-state index contributed by atoms with van der Waals surface area (Å²) in [6.07, 6.45) is 11.8. The summed E-state index contributed by atoms with van der Waals surface area (Å²) in [5.41, 5.74) is 0. The van der Waals surface area contributed by atoms with Gasteiger partial charge in [-0.3, -0.25) is 0 Å². The third kappa shape index (κ3) is 2.64. The molecular formula is C13H12S. The van der Waals surface area contributed by atoms with Crippen LogP contribution in [0.2, 0.25) is 0 Å². The molecule has 14 heavy (non-hydrogen) atoms. The van der Waals surface area contributed by atoms with Crippen molar-refractivity contribution in [1.29, 1.82) is 0 Å². The van der Waals surface area contributed by atoms with Gasteiger partial charge in [0.05, 0.1) is 0 Å². The fraction of sp³-hybridized carbons (Fsp3) is 0.0769. The highest BCUT2D eigenvalue weighted by Crippen LogP contribution is 2.28. The lowest BCUT2D eigenvalue weighted by Crippen LogP contribution is -1.72. The molecule has 0 saturated carbocycles. The molecule has 0 amide bonds. The molecule has 0 saturated heterocycles. The molecule has 0 heterocycles. The Morgan fingerprint density at radius 1 is 1.00 bits per heavy atom. The minimum Gasteiger partial charge on any atom is -0.0904 e. The molecule has 1 heteroatoms. The summed E-state index contributed by atoms with van der Waals surface area (Å²) in [5.74, 6) is 0. The normalized spacial score (nSPS) is 15.0. The van der Waals surface area contributed by atoms with Crippen LogP contribution in [0.25, 0.3) is 0 Å². The molecule has 1 aromatic carbocycles. The van der Waals surface area contributed by atoms with Crippen LogP contribution in [0, 0.1) is 0 Å². The Morgan fingerprint density at radius 2 is 1.86 bits per heavy atom. The zero-order valence-electron chi connectivity index (χ0n) is 7.89. The third-order valence-electron chi connectivity index (χ3n) is 1.94. The molecule has 0 spiro atoms. The molecule has 1 aromatic rings. The number of hydrogen-bond donors (Lipinski definition) is 0. The van der Waals surface area contributed by atoms with Crippen LogP contribution in [0.15, 0.2) is 70.5 Å². The van der Waals surface area contributed by atoms with Crippen LogP contribution in [0.1, 0.15) is 6.42 Å². The molecule has 0 bridgehead atoms. The maximum Gasteiger partial charge on any atom is 0.0122 e. The van der Waals surface area contributed by atoms with Gasteiger partial charge < -0.3 is 0 Å². The van der Waals surface area contributed by atoms with Gasteiger partial charge >= 0.3 is 0 Å². The lowest BCUT2D eigenvalue weighted by atomic mass is 10.4. The van der Waals surface area contributed by atoms with Gasteiger partial charge in [0.1, 0.15) is 0 Å². The zero-order valence-corrected chi connectivity index (χ0v) is 8.71. The van der Waals surface area contributed by atoms with E-state index in [-0.39, 0.29) is 0 Å². The third-order valence-corrected chi connectivity index (χ3v) is 2.99. The highest BCUT2D eigenvalue weighted by Gasteiger charge is 1.96. The lowest BCUT2D eigenvalue weighted by Gasteiger charge is -2.00. The van der Waals surface area contributed by atoms with E-state index in [0.717, 1.165) is 6.42 Å². The number of thioether (sulfide) groups is 1. The minimum atomic E-state index is 1.03. The largest absolute Gasteiger partial charge is 0.0904 e. The molecular weight excluding hydrogens is 188 g/mol. The molecule has 0 N–H and O–H groups in total. The second-order valence-electron chi connectivity index (χ2n) is 3.04. The first-order valence-electron chi connectivity index (χ1n) is 4.71. The minimum absolute atomic E-state index is 1.03. The van der Waals surface area contributed by atoms with E-state index in [2.05, 4.69) is 54.6 Å². The first-order valence-corrected chi connectivity index (χ1v) is 5.53. The molecule has 0 aliphatic heterocycles. The molecule has 2 rings (SSSR count). The van der Waals surface area contributed by atoms with Crippen LogP contribution < -0.4 is 0 Å². The second kappa shape index (κ2) is 4.87. The molecule has 0 radical (unpaired) electrons. The second-order valence-corrected chi connectivity index (χ2v) is 4.19. The van der Waals surface area contributed by atoms with Crippen molar-refractivity contribution in [3.63, 3.8) is 0 Å². The maximum atomic E-state index is 2.25. The van der Waals surface area contributed by atoms with Crippen LogP contribution in [-0.2, 0) is 0 Å². The van der Waals surface area contributed by atoms with E-state index in [1.54, 1.807) is 0 Å². The molecule has 0 atom stereocenters. The maximum absolute atomic E-state index is 2.25. The Bertz CT molecular complexity index is 371. The van der Waals surface area contributed by atoms with Gasteiger partial charge in [-0.1, -0.05) is 54.3 Å². The number of rotatable bonds is 2. The molecule has 0 aromatic heterocycles. The van der Waals surface area contributed by atoms with E-state index >= 15 is 0 Å². The van der Waals surface area contributed by atoms with E-state index in [4.69, 9.17) is 0 Å². The van der Waals surface area contributed by atoms with Crippen molar-refractivity contribution in [2.75, 3.05) is 0 Å². The van der Waals surface area contributed by atoms with E-state index < -0.39 is 0 Å². The Labute approximate surface area is 89.0 Å². The van der Waals surface area contributed by atoms with Gasteiger partial charge in [-0.2, -0.15) is 0 Å². The van der Waals surface area contributed by atoms with Crippen molar-refractivity contribution < 1.29 is 0 Å². The lowest BCUT2D eigenvalue weighted by molar-refractivity contribution is 1.40. The van der Waals surface area contributed by atoms with Crippen molar-refractivity contribution in [2.24, 2.45) is 0 Å². The number of allylic oxidation sites excluding steroid dienone is 5. The fourth-order valence-electron chi connectivity index (χ4n) is 1.26. The monoisotopic (exact) mass is 200 g/mol. The van der Waals surface area contributed by atoms with Crippen LogP contribution in [0.3, 0.4) is 0 Å². The van der Waals surface area contributed by atoms with Gasteiger partial charge in [0.15, 0.2) is 0 Å². The van der Waals surface area contributed by atoms with Crippen molar-refractivity contribution in [1.82, 2.24) is 0 Å². The van der Waals surface area contributed by atoms with E-state index in [1.165, 1.54) is 9.80 Å². The van der Waals surface area contributed by atoms with Gasteiger partial charge in [0.25, 0.3) is 0 Å². The summed E-state index contributed by atoms with van der Waals surface area (Å²) in [6, 6.07) is 10.5. The Hall–Kier alpha value is -1.21. The van der Waals surface area contributed by atoms with Crippen molar-refractivity contribution in [2.45, 2.75) is 11.3 Å². The quantitative estimate of drug-likeness (QED) is 0.690. The smallest absolute Gasteiger partial charge is 0.0122 e. The summed E-state index contributed by atoms with van der Waals surface area (Å²) < 4.78 is 0. The van der Waals surface area contributed by atoms with Crippen LogP contribution >= 0.6 is 11.8 Å². The highest BCUT2D eigenvalue weighted by atomic mass is 32.2. The predicted molar refractivity (Wildman–Crippen MR) is 63.3 cm³/mol. The van der Waals surface area contributed by atoms with Crippen LogP contribution in [0.4, 0.5) is 0 Å². The first-order chi connectivity index (χ1) is 6.95. The first kappa shape index (κ1) is 9.35. The van der Waals surface area contributed by atoms with Gasteiger partial charge in [0.2, 0.25) is 0 Å². The Morgan fingerprint density at radius 3 is 2.71 bits per heavy atom. The Balaban J connectivity index is 2.08. The van der Waals surface area contributed by atoms with E-state index in [0.29, 0.717) is 0 Å². The van der Waals surface area contributed by atoms with Crippen molar-refractivity contribution in [3.8, 4) is 0 Å². The summed E-state index contributed by atoms with van der Waals surface area (Å²) in [7, 11) is 0. The average Bonchev–Trinajstić information content (AvgIpc) is 2.48. The van der Waals surface area contributed by atoms with Crippen LogP contribution in [-0.4, -0.2) is 0 Å².